The summed E-state index contributed by atoms with van der Waals surface area (Å²) < 4.78 is 0. The third-order valence-electron chi connectivity index (χ3n) is 4.56. The monoisotopic (exact) mass is 316 g/mol. The van der Waals surface area contributed by atoms with Crippen molar-refractivity contribution < 1.29 is 9.59 Å². The Hall–Kier alpha value is -1.84. The van der Waals surface area contributed by atoms with E-state index in [2.05, 4.69) is 11.4 Å². The van der Waals surface area contributed by atoms with Crippen LogP contribution in [0.25, 0.3) is 0 Å². The third-order valence-corrected chi connectivity index (χ3v) is 4.56. The Bertz CT molecular complexity index is 536. The molecule has 1 saturated carbocycles. The second kappa shape index (κ2) is 8.70. The zero-order valence-electron chi connectivity index (χ0n) is 14.3. The summed E-state index contributed by atoms with van der Waals surface area (Å²) in [7, 11) is 0. The van der Waals surface area contributed by atoms with Gasteiger partial charge in [-0.25, -0.2) is 0 Å². The van der Waals surface area contributed by atoms with Crippen molar-refractivity contribution in [3.8, 4) is 0 Å². The normalized spacial score (nSPS) is 15.2. The topological polar surface area (TPSA) is 49.4 Å². The van der Waals surface area contributed by atoms with Crippen LogP contribution in [-0.2, 0) is 16.1 Å². The molecular formula is C19H28N2O2. The molecule has 0 heterocycles. The fraction of sp³-hybridized carbons (Fsp3) is 0.579. The Morgan fingerprint density at radius 3 is 2.61 bits per heavy atom. The molecule has 1 aromatic carbocycles. The van der Waals surface area contributed by atoms with E-state index in [9.17, 15) is 9.59 Å². The first kappa shape index (κ1) is 17.5. The molecule has 0 bridgehead atoms. The number of nitrogens with zero attached hydrogens (tertiary/aromatic N) is 1. The number of carbonyl (C=O) groups is 2. The van der Waals surface area contributed by atoms with E-state index in [0.29, 0.717) is 19.6 Å². The first-order valence-corrected chi connectivity index (χ1v) is 8.65. The molecule has 1 aliphatic carbocycles. The molecule has 2 amide bonds. The van der Waals surface area contributed by atoms with Gasteiger partial charge in [0.05, 0.1) is 0 Å². The second-order valence-corrected chi connectivity index (χ2v) is 6.56. The molecule has 4 heteroatoms. The maximum atomic E-state index is 12.1. The number of benzene rings is 1. The molecule has 1 aliphatic rings. The Labute approximate surface area is 139 Å². The highest BCUT2D eigenvalue weighted by Gasteiger charge is 2.20. The molecule has 0 atom stereocenters. The molecule has 126 valence electrons. The van der Waals surface area contributed by atoms with Gasteiger partial charge in [0.25, 0.3) is 0 Å². The van der Waals surface area contributed by atoms with E-state index < -0.39 is 0 Å². The molecular weight excluding hydrogens is 288 g/mol. The minimum Gasteiger partial charge on any atom is -0.354 e. The molecule has 4 nitrogen and oxygen atoms in total. The average Bonchev–Trinajstić information content (AvgIpc) is 2.54. The quantitative estimate of drug-likeness (QED) is 0.877. The SMILES string of the molecule is CC(=O)N(CCNC(=O)C1CCCCC1)Cc1cccc(C)c1. The molecule has 0 spiro atoms. The van der Waals surface area contributed by atoms with Gasteiger partial charge in [0.15, 0.2) is 0 Å². The van der Waals surface area contributed by atoms with E-state index in [4.69, 9.17) is 0 Å². The van der Waals surface area contributed by atoms with Crippen LogP contribution in [0.4, 0.5) is 0 Å². The van der Waals surface area contributed by atoms with Crippen molar-refractivity contribution in [3.63, 3.8) is 0 Å². The molecule has 0 radical (unpaired) electrons. The molecule has 0 aromatic heterocycles. The number of carbonyl (C=O) groups excluding carboxylic acids is 2. The fourth-order valence-electron chi connectivity index (χ4n) is 3.20. The second-order valence-electron chi connectivity index (χ2n) is 6.56. The fourth-order valence-corrected chi connectivity index (χ4v) is 3.20. The number of aryl methyl sites for hydroxylation is 1. The first-order chi connectivity index (χ1) is 11.1. The number of hydrogen-bond acceptors (Lipinski definition) is 2. The zero-order valence-corrected chi connectivity index (χ0v) is 14.3. The first-order valence-electron chi connectivity index (χ1n) is 8.65. The zero-order chi connectivity index (χ0) is 16.7. The van der Waals surface area contributed by atoms with Crippen LogP contribution in [0.1, 0.15) is 50.2 Å². The number of nitrogens with one attached hydrogen (secondary N) is 1. The van der Waals surface area contributed by atoms with Crippen molar-refractivity contribution >= 4 is 11.8 Å². The van der Waals surface area contributed by atoms with Gasteiger partial charge in [-0.15, -0.1) is 0 Å². The van der Waals surface area contributed by atoms with E-state index in [-0.39, 0.29) is 17.7 Å². The van der Waals surface area contributed by atoms with E-state index in [1.807, 2.05) is 25.1 Å². The van der Waals surface area contributed by atoms with Crippen LogP contribution in [0.15, 0.2) is 24.3 Å². The average molecular weight is 316 g/mol. The predicted molar refractivity (Wildman–Crippen MR) is 91.9 cm³/mol. The maximum absolute atomic E-state index is 12.1. The van der Waals surface area contributed by atoms with Crippen LogP contribution in [0, 0.1) is 12.8 Å². The molecule has 0 aliphatic heterocycles. The molecule has 1 fully saturated rings. The van der Waals surface area contributed by atoms with Gasteiger partial charge in [-0.2, -0.15) is 0 Å². The summed E-state index contributed by atoms with van der Waals surface area (Å²) in [5.74, 6) is 0.369. The minimum absolute atomic E-state index is 0.0402. The van der Waals surface area contributed by atoms with Gasteiger partial charge >= 0.3 is 0 Å². The van der Waals surface area contributed by atoms with Gasteiger partial charge in [-0.05, 0) is 25.3 Å². The Morgan fingerprint density at radius 2 is 1.96 bits per heavy atom. The number of hydrogen-bond donors (Lipinski definition) is 1. The van der Waals surface area contributed by atoms with Gasteiger partial charge in [0, 0.05) is 32.5 Å². The highest BCUT2D eigenvalue weighted by molar-refractivity contribution is 5.78. The minimum atomic E-state index is 0.0402. The summed E-state index contributed by atoms with van der Waals surface area (Å²) in [6, 6.07) is 8.18. The summed E-state index contributed by atoms with van der Waals surface area (Å²) >= 11 is 0. The van der Waals surface area contributed by atoms with Crippen LogP contribution in [-0.4, -0.2) is 29.8 Å². The molecule has 0 saturated heterocycles. The largest absolute Gasteiger partial charge is 0.354 e. The Morgan fingerprint density at radius 1 is 1.22 bits per heavy atom. The van der Waals surface area contributed by atoms with Crippen LogP contribution in [0.3, 0.4) is 0 Å². The highest BCUT2D eigenvalue weighted by atomic mass is 16.2. The van der Waals surface area contributed by atoms with E-state index in [1.54, 1.807) is 11.8 Å². The van der Waals surface area contributed by atoms with Gasteiger partial charge in [-0.1, -0.05) is 49.1 Å². The van der Waals surface area contributed by atoms with Crippen molar-refractivity contribution in [3.05, 3.63) is 35.4 Å². The maximum Gasteiger partial charge on any atom is 0.223 e. The van der Waals surface area contributed by atoms with Crippen LogP contribution >= 0.6 is 0 Å². The van der Waals surface area contributed by atoms with Gasteiger partial charge in [0.1, 0.15) is 0 Å². The number of amides is 2. The van der Waals surface area contributed by atoms with Crippen molar-refractivity contribution in [1.29, 1.82) is 0 Å². The van der Waals surface area contributed by atoms with Gasteiger partial charge in [0.2, 0.25) is 11.8 Å². The molecule has 23 heavy (non-hydrogen) atoms. The van der Waals surface area contributed by atoms with Gasteiger partial charge < -0.3 is 10.2 Å². The lowest BCUT2D eigenvalue weighted by molar-refractivity contribution is -0.130. The smallest absolute Gasteiger partial charge is 0.223 e. The molecule has 1 aromatic rings. The summed E-state index contributed by atoms with van der Waals surface area (Å²) in [4.78, 5) is 25.7. The number of rotatable bonds is 6. The van der Waals surface area contributed by atoms with E-state index in [1.165, 1.54) is 12.0 Å². The molecule has 2 rings (SSSR count). The Balaban J connectivity index is 1.80. The lowest BCUT2D eigenvalue weighted by Gasteiger charge is -2.24. The summed E-state index contributed by atoms with van der Waals surface area (Å²) in [5, 5.41) is 3.00. The van der Waals surface area contributed by atoms with E-state index in [0.717, 1.165) is 31.2 Å². The standard InChI is InChI=1S/C19H28N2O2/c1-15-7-6-8-17(13-15)14-21(16(2)22)12-11-20-19(23)18-9-4-3-5-10-18/h6-8,13,18H,3-5,9-12,14H2,1-2H3,(H,20,23). The van der Waals surface area contributed by atoms with Crippen molar-refractivity contribution in [1.82, 2.24) is 10.2 Å². The molecule has 0 unspecified atom stereocenters. The van der Waals surface area contributed by atoms with Crippen LogP contribution in [0.5, 0.6) is 0 Å². The summed E-state index contributed by atoms with van der Waals surface area (Å²) in [6.45, 7) is 5.31. The van der Waals surface area contributed by atoms with Crippen LogP contribution in [0.2, 0.25) is 0 Å². The third kappa shape index (κ3) is 5.70. The lowest BCUT2D eigenvalue weighted by atomic mass is 9.89. The Kier molecular flexibility index (Phi) is 6.63. The van der Waals surface area contributed by atoms with Crippen molar-refractivity contribution in [2.75, 3.05) is 13.1 Å². The molecule has 1 N–H and O–H groups in total. The predicted octanol–water partition coefficient (Wildman–Crippen LogP) is 3.04. The van der Waals surface area contributed by atoms with E-state index >= 15 is 0 Å². The highest BCUT2D eigenvalue weighted by Crippen LogP contribution is 2.23. The van der Waals surface area contributed by atoms with Crippen LogP contribution < -0.4 is 5.32 Å². The van der Waals surface area contributed by atoms with Gasteiger partial charge in [-0.3, -0.25) is 9.59 Å². The van der Waals surface area contributed by atoms with Crippen molar-refractivity contribution in [2.45, 2.75) is 52.5 Å². The lowest BCUT2D eigenvalue weighted by Crippen LogP contribution is -2.39. The van der Waals surface area contributed by atoms with Crippen molar-refractivity contribution in [2.24, 2.45) is 5.92 Å². The summed E-state index contributed by atoms with van der Waals surface area (Å²) in [5.41, 5.74) is 2.32. The summed E-state index contributed by atoms with van der Waals surface area (Å²) in [6.07, 6.45) is 5.57.